The first-order valence-electron chi connectivity index (χ1n) is 16.0. The molecule has 15 nitrogen and oxygen atoms in total. The summed E-state index contributed by atoms with van der Waals surface area (Å²) in [7, 11) is 1.46. The quantitative estimate of drug-likeness (QED) is 0.337. The molecule has 4 heterocycles. The van der Waals surface area contributed by atoms with Gasteiger partial charge < -0.3 is 35.0 Å². The van der Waals surface area contributed by atoms with Crippen molar-refractivity contribution >= 4 is 29.6 Å². The van der Waals surface area contributed by atoms with E-state index in [-0.39, 0.29) is 25.3 Å². The molecule has 1 aromatic rings. The Hall–Kier alpha value is -4.14. The molecule has 3 aliphatic heterocycles. The maximum Gasteiger partial charge on any atom is 0.408 e. The summed E-state index contributed by atoms with van der Waals surface area (Å²) in [5.74, 6) is -2.35. The highest BCUT2D eigenvalue weighted by atomic mass is 16.6. The lowest BCUT2D eigenvalue weighted by molar-refractivity contribution is -0.145. The summed E-state index contributed by atoms with van der Waals surface area (Å²) < 4.78 is 12.2. The van der Waals surface area contributed by atoms with Gasteiger partial charge in [0.2, 0.25) is 11.8 Å². The fourth-order valence-corrected chi connectivity index (χ4v) is 6.55. The number of carbonyl (C=O) groups excluding carboxylic acids is 3. The number of hydrogen-bond donors (Lipinski definition) is 4. The first kappa shape index (κ1) is 33.2. The average molecular weight is 644 g/mol. The number of aromatic nitrogens is 2. The van der Waals surface area contributed by atoms with Gasteiger partial charge in [0.05, 0.1) is 26.0 Å². The molecular formula is C31H45N7O8. The van der Waals surface area contributed by atoms with Gasteiger partial charge in [-0.1, -0.05) is 25.0 Å². The number of methoxy groups -OCH3 is 1. The normalized spacial score (nSPS) is 29.5. The van der Waals surface area contributed by atoms with Crippen molar-refractivity contribution in [3.05, 3.63) is 28.7 Å². The number of carbonyl (C=O) groups is 4. The van der Waals surface area contributed by atoms with Gasteiger partial charge in [0.25, 0.3) is 5.56 Å². The van der Waals surface area contributed by atoms with E-state index in [1.54, 1.807) is 20.8 Å². The number of hydrogen-bond acceptors (Lipinski definition) is 10. The smallest absolute Gasteiger partial charge is 0.408 e. The second-order valence-electron chi connectivity index (χ2n) is 13.5. The molecule has 252 valence electrons. The Balaban J connectivity index is 1.50. The van der Waals surface area contributed by atoms with Gasteiger partial charge in [0.15, 0.2) is 5.75 Å². The van der Waals surface area contributed by atoms with Crippen LogP contribution in [0.1, 0.15) is 71.8 Å². The summed E-state index contributed by atoms with van der Waals surface area (Å²) in [4.78, 5) is 70.5. The van der Waals surface area contributed by atoms with Crippen LogP contribution in [-0.2, 0) is 19.1 Å². The summed E-state index contributed by atoms with van der Waals surface area (Å²) in [6.07, 6.45) is 8.00. The van der Waals surface area contributed by atoms with Crippen molar-refractivity contribution in [3.8, 4) is 5.75 Å². The minimum atomic E-state index is -1.47. The molecule has 4 aliphatic rings. The van der Waals surface area contributed by atoms with E-state index in [9.17, 15) is 29.1 Å². The lowest BCUT2D eigenvalue weighted by atomic mass is 10.0. The standard InChI is InChI=1S/C31H45N7O8/c1-30(2,3)46-29(44)34-21-11-9-7-5-6-8-10-19-15-31(19,28(42)43)35-25(39)22-14-20(17-37(22)26(21)40)38-27(41)24(23(45-4)16-33-38)36-13-12-32-18-36/h8,10,16,19-22,32H,5-7,9,11-15,17-18H2,1-4H3,(H,34,44)(H,35,39)(H,42,43)/b10-8-/t19-,20+,21+,22+,31-/m1/s1. The van der Waals surface area contributed by atoms with Crippen molar-refractivity contribution in [2.45, 2.75) is 95.0 Å². The van der Waals surface area contributed by atoms with Crippen molar-refractivity contribution in [1.29, 1.82) is 0 Å². The number of anilines is 1. The molecular weight excluding hydrogens is 598 g/mol. The number of nitrogens with one attached hydrogen (secondary N) is 3. The summed E-state index contributed by atoms with van der Waals surface area (Å²) in [5.41, 5.74) is -2.37. The number of nitrogens with zero attached hydrogens (tertiary/aromatic N) is 4. The number of carboxylic acids is 1. The van der Waals surface area contributed by atoms with Gasteiger partial charge in [-0.3, -0.25) is 19.7 Å². The van der Waals surface area contributed by atoms with E-state index in [0.29, 0.717) is 44.0 Å². The number of aliphatic carboxylic acids is 1. The van der Waals surface area contributed by atoms with Crippen molar-refractivity contribution in [2.75, 3.05) is 38.3 Å². The summed E-state index contributed by atoms with van der Waals surface area (Å²) in [5, 5.41) is 23.1. The molecule has 0 radical (unpaired) electrons. The first-order chi connectivity index (χ1) is 21.8. The molecule has 5 rings (SSSR count). The van der Waals surface area contributed by atoms with Crippen molar-refractivity contribution in [3.63, 3.8) is 0 Å². The molecule has 0 bridgehead atoms. The maximum atomic E-state index is 14.3. The van der Waals surface area contributed by atoms with E-state index in [2.05, 4.69) is 21.0 Å². The highest BCUT2D eigenvalue weighted by Crippen LogP contribution is 2.45. The molecule has 0 unspecified atom stereocenters. The second-order valence-corrected chi connectivity index (χ2v) is 13.5. The van der Waals surface area contributed by atoms with E-state index in [1.165, 1.54) is 22.9 Å². The van der Waals surface area contributed by atoms with Gasteiger partial charge in [0, 0.05) is 32.0 Å². The van der Waals surface area contributed by atoms with Crippen LogP contribution in [0.25, 0.3) is 0 Å². The number of fused-ring (bicyclic) bond motifs is 2. The highest BCUT2D eigenvalue weighted by Gasteiger charge is 2.61. The van der Waals surface area contributed by atoms with Crippen LogP contribution in [0.3, 0.4) is 0 Å². The fraction of sp³-hybridized carbons (Fsp3) is 0.677. The van der Waals surface area contributed by atoms with Crippen LogP contribution in [0.2, 0.25) is 0 Å². The zero-order valence-corrected chi connectivity index (χ0v) is 26.9. The molecule has 5 atom stereocenters. The average Bonchev–Trinajstić information content (AvgIpc) is 3.30. The van der Waals surface area contributed by atoms with Crippen LogP contribution in [0, 0.1) is 5.92 Å². The van der Waals surface area contributed by atoms with E-state index < -0.39 is 58.7 Å². The van der Waals surface area contributed by atoms with Crippen LogP contribution in [0.5, 0.6) is 5.75 Å². The van der Waals surface area contributed by atoms with Crippen LogP contribution in [0.15, 0.2) is 23.1 Å². The minimum Gasteiger partial charge on any atom is -0.493 e. The number of alkyl carbamates (subject to hydrolysis) is 1. The van der Waals surface area contributed by atoms with Crippen LogP contribution < -0.4 is 31.1 Å². The Morgan fingerprint density at radius 3 is 2.63 bits per heavy atom. The van der Waals surface area contributed by atoms with Crippen molar-refractivity contribution < 1.29 is 33.8 Å². The number of amides is 3. The SMILES string of the molecule is COc1cnn([C@H]2C[C@H]3C(=O)N[C@]4(C(=O)O)C[C@H]4/C=C\CCCCC[C@H](NC(=O)OC(C)(C)C)C(=O)N3C2)c(=O)c1N1CCNC1. The molecule has 2 saturated heterocycles. The molecule has 0 aromatic carbocycles. The van der Waals surface area contributed by atoms with Crippen molar-refractivity contribution in [2.24, 2.45) is 5.92 Å². The van der Waals surface area contributed by atoms with E-state index in [0.717, 1.165) is 19.3 Å². The third kappa shape index (κ3) is 6.98. The lowest BCUT2D eigenvalue weighted by Crippen LogP contribution is -2.56. The van der Waals surface area contributed by atoms with Gasteiger partial charge in [-0.2, -0.15) is 5.10 Å². The van der Waals surface area contributed by atoms with E-state index in [4.69, 9.17) is 9.47 Å². The topological polar surface area (TPSA) is 184 Å². The molecule has 46 heavy (non-hydrogen) atoms. The Morgan fingerprint density at radius 1 is 1.17 bits per heavy atom. The molecule has 0 spiro atoms. The molecule has 1 aromatic heterocycles. The largest absolute Gasteiger partial charge is 0.493 e. The van der Waals surface area contributed by atoms with Gasteiger partial charge in [-0.25, -0.2) is 14.3 Å². The number of carboxylic acid groups (broad SMARTS) is 1. The zero-order valence-electron chi connectivity index (χ0n) is 26.9. The van der Waals surface area contributed by atoms with Gasteiger partial charge in [0.1, 0.15) is 28.9 Å². The van der Waals surface area contributed by atoms with E-state index in [1.807, 2.05) is 17.1 Å². The third-order valence-corrected chi connectivity index (χ3v) is 9.02. The fourth-order valence-electron chi connectivity index (χ4n) is 6.55. The molecule has 1 saturated carbocycles. The van der Waals surface area contributed by atoms with Crippen LogP contribution in [-0.4, -0.2) is 100 Å². The van der Waals surface area contributed by atoms with E-state index >= 15 is 0 Å². The Morgan fingerprint density at radius 2 is 1.96 bits per heavy atom. The highest BCUT2D eigenvalue weighted by molar-refractivity contribution is 5.96. The third-order valence-electron chi connectivity index (χ3n) is 9.02. The Kier molecular flexibility index (Phi) is 9.61. The minimum absolute atomic E-state index is 0.0177. The lowest BCUT2D eigenvalue weighted by Gasteiger charge is -2.30. The summed E-state index contributed by atoms with van der Waals surface area (Å²) in [6.45, 7) is 6.83. The summed E-state index contributed by atoms with van der Waals surface area (Å²) >= 11 is 0. The predicted octanol–water partition coefficient (Wildman–Crippen LogP) is 1.13. The van der Waals surface area contributed by atoms with Crippen LogP contribution in [0.4, 0.5) is 10.5 Å². The molecule has 1 aliphatic carbocycles. The number of rotatable bonds is 5. The Labute approximate surface area is 267 Å². The zero-order chi connectivity index (χ0) is 33.2. The molecule has 3 fully saturated rings. The predicted molar refractivity (Wildman–Crippen MR) is 166 cm³/mol. The molecule has 15 heteroatoms. The van der Waals surface area contributed by atoms with Gasteiger partial charge in [-0.15, -0.1) is 0 Å². The maximum absolute atomic E-state index is 14.3. The second kappa shape index (κ2) is 13.3. The molecule has 4 N–H and O–H groups in total. The number of ether oxygens (including phenoxy) is 2. The summed E-state index contributed by atoms with van der Waals surface area (Å²) in [6, 6.07) is -2.82. The van der Waals surface area contributed by atoms with Crippen LogP contribution >= 0.6 is 0 Å². The first-order valence-corrected chi connectivity index (χ1v) is 16.0. The van der Waals surface area contributed by atoms with Crippen molar-refractivity contribution in [1.82, 2.24) is 30.6 Å². The van der Waals surface area contributed by atoms with Gasteiger partial charge in [-0.05, 0) is 46.5 Å². The number of allylic oxidation sites excluding steroid dienone is 1. The van der Waals surface area contributed by atoms with Gasteiger partial charge >= 0.3 is 12.1 Å². The Bertz CT molecular complexity index is 1430. The monoisotopic (exact) mass is 643 g/mol. The molecule has 3 amide bonds.